The maximum absolute atomic E-state index is 12.8. The highest BCUT2D eigenvalue weighted by molar-refractivity contribution is 5.75. The highest BCUT2D eigenvalue weighted by Gasteiger charge is 2.30. The lowest BCUT2D eigenvalue weighted by atomic mass is 10.2. The smallest absolute Gasteiger partial charge is 0.273 e. The molecule has 0 unspecified atom stereocenters. The first-order valence-corrected chi connectivity index (χ1v) is 6.15. The summed E-state index contributed by atoms with van der Waals surface area (Å²) in [5, 5.41) is 0.111. The van der Waals surface area contributed by atoms with Crippen LogP contribution in [0.2, 0.25) is 0 Å². The van der Waals surface area contributed by atoms with Crippen LogP contribution < -0.4 is 11.2 Å². The summed E-state index contributed by atoms with van der Waals surface area (Å²) >= 11 is 0. The molecule has 3 rings (SSSR count). The number of H-pyrrole nitrogens is 1. The molecule has 0 amide bonds. The summed E-state index contributed by atoms with van der Waals surface area (Å²) in [6.07, 6.45) is -3.18. The molecule has 22 heavy (non-hydrogen) atoms. The number of nitrogens with one attached hydrogen (secondary N) is 1. The number of pyridine rings is 1. The molecule has 0 aliphatic rings. The molecule has 5 nitrogen and oxygen atoms in total. The molecule has 0 atom stereocenters. The maximum atomic E-state index is 12.8. The molecule has 0 radical (unpaired) electrons. The fourth-order valence-corrected chi connectivity index (χ4v) is 2.13. The molecule has 8 heteroatoms. The van der Waals surface area contributed by atoms with Crippen molar-refractivity contribution in [2.75, 3.05) is 0 Å². The Kier molecular flexibility index (Phi) is 3.09. The van der Waals surface area contributed by atoms with Crippen LogP contribution in [0, 0.1) is 0 Å². The van der Waals surface area contributed by atoms with Gasteiger partial charge >= 0.3 is 11.9 Å². The molecule has 0 bridgehead atoms. The molecule has 0 aliphatic heterocycles. The number of nitrogens with zero attached hydrogens (tertiary/aromatic N) is 2. The molecular weight excluding hydrogens is 299 g/mol. The van der Waals surface area contributed by atoms with Crippen LogP contribution in [0.4, 0.5) is 13.2 Å². The van der Waals surface area contributed by atoms with E-state index in [1.165, 1.54) is 30.5 Å². The van der Waals surface area contributed by atoms with Crippen LogP contribution in [0.3, 0.4) is 0 Å². The van der Waals surface area contributed by atoms with E-state index < -0.39 is 23.0 Å². The van der Waals surface area contributed by atoms with Gasteiger partial charge in [-0.05, 0) is 30.3 Å². The van der Waals surface area contributed by atoms with Crippen LogP contribution in [0.15, 0.2) is 52.2 Å². The van der Waals surface area contributed by atoms with E-state index in [0.717, 1.165) is 16.7 Å². The highest BCUT2D eigenvalue weighted by Crippen LogP contribution is 2.30. The highest BCUT2D eigenvalue weighted by atomic mass is 19.4. The number of hydrogen-bond donors (Lipinski definition) is 1. The van der Waals surface area contributed by atoms with Crippen molar-refractivity contribution in [1.29, 1.82) is 0 Å². The topological polar surface area (TPSA) is 67.8 Å². The molecule has 2 heterocycles. The summed E-state index contributed by atoms with van der Waals surface area (Å²) < 4.78 is 39.3. The first-order valence-electron chi connectivity index (χ1n) is 6.15. The predicted molar refractivity (Wildman–Crippen MR) is 73.0 cm³/mol. The van der Waals surface area contributed by atoms with E-state index in [-0.39, 0.29) is 16.7 Å². The van der Waals surface area contributed by atoms with E-state index in [9.17, 15) is 22.8 Å². The van der Waals surface area contributed by atoms with Crippen molar-refractivity contribution in [1.82, 2.24) is 14.5 Å². The second-order valence-electron chi connectivity index (χ2n) is 4.52. The molecule has 1 N–H and O–H groups in total. The Hall–Kier alpha value is -2.90. The van der Waals surface area contributed by atoms with Gasteiger partial charge in [0.25, 0.3) is 5.56 Å². The van der Waals surface area contributed by atoms with E-state index in [0.29, 0.717) is 0 Å². The molecule has 1 aromatic carbocycles. The standard InChI is InChI=1S/C14H8F3N3O2/c15-14(16,17)8-3-1-4-9(7-8)20-11-10(5-2-6-18-11)12(21)19-13(20)22/h1-7H,(H,19,21,22). The number of alkyl halides is 3. The van der Waals surface area contributed by atoms with Gasteiger partial charge in [-0.25, -0.2) is 14.3 Å². The van der Waals surface area contributed by atoms with Crippen molar-refractivity contribution in [3.8, 4) is 5.69 Å². The zero-order valence-electron chi connectivity index (χ0n) is 10.9. The Labute approximate surface area is 120 Å². The van der Waals surface area contributed by atoms with E-state index in [1.54, 1.807) is 0 Å². The van der Waals surface area contributed by atoms with Crippen LogP contribution in [0.5, 0.6) is 0 Å². The van der Waals surface area contributed by atoms with Gasteiger partial charge in [-0.2, -0.15) is 13.2 Å². The van der Waals surface area contributed by atoms with E-state index >= 15 is 0 Å². The lowest BCUT2D eigenvalue weighted by Crippen LogP contribution is -2.30. The SMILES string of the molecule is O=c1[nH]c(=O)n(-c2cccc(C(F)(F)F)c2)c2ncccc12. The van der Waals surface area contributed by atoms with Gasteiger partial charge < -0.3 is 0 Å². The number of rotatable bonds is 1. The molecule has 2 aromatic heterocycles. The Morgan fingerprint density at radius 2 is 1.86 bits per heavy atom. The van der Waals surface area contributed by atoms with Crippen molar-refractivity contribution in [3.05, 3.63) is 69.0 Å². The third-order valence-electron chi connectivity index (χ3n) is 3.10. The second-order valence-corrected chi connectivity index (χ2v) is 4.52. The zero-order chi connectivity index (χ0) is 15.9. The number of fused-ring (bicyclic) bond motifs is 1. The Morgan fingerprint density at radius 1 is 1.09 bits per heavy atom. The van der Waals surface area contributed by atoms with Gasteiger partial charge in [-0.15, -0.1) is 0 Å². The average Bonchev–Trinajstić information content (AvgIpc) is 2.47. The van der Waals surface area contributed by atoms with Gasteiger partial charge in [0.05, 0.1) is 16.6 Å². The fourth-order valence-electron chi connectivity index (χ4n) is 2.13. The predicted octanol–water partition coefficient (Wildman–Crippen LogP) is 2.09. The lowest BCUT2D eigenvalue weighted by Gasteiger charge is -2.11. The van der Waals surface area contributed by atoms with Crippen molar-refractivity contribution >= 4 is 11.0 Å². The third kappa shape index (κ3) is 2.28. The van der Waals surface area contributed by atoms with Crippen molar-refractivity contribution in [3.63, 3.8) is 0 Å². The van der Waals surface area contributed by atoms with Gasteiger partial charge in [0, 0.05) is 6.20 Å². The largest absolute Gasteiger partial charge is 0.416 e. The van der Waals surface area contributed by atoms with Gasteiger partial charge in [-0.1, -0.05) is 6.07 Å². The van der Waals surface area contributed by atoms with Gasteiger partial charge in [-0.3, -0.25) is 9.78 Å². The summed E-state index contributed by atoms with van der Waals surface area (Å²) in [4.78, 5) is 29.7. The molecule has 0 saturated carbocycles. The average molecular weight is 307 g/mol. The van der Waals surface area contributed by atoms with E-state index in [1.807, 2.05) is 0 Å². The monoisotopic (exact) mass is 307 g/mol. The Balaban J connectivity index is 2.37. The van der Waals surface area contributed by atoms with E-state index in [4.69, 9.17) is 0 Å². The number of aromatic amines is 1. The lowest BCUT2D eigenvalue weighted by molar-refractivity contribution is -0.137. The summed E-state index contributed by atoms with van der Waals surface area (Å²) in [5.74, 6) is 0. The second kappa shape index (κ2) is 4.83. The van der Waals surface area contributed by atoms with E-state index in [2.05, 4.69) is 9.97 Å². The van der Waals surface area contributed by atoms with Crippen LogP contribution in [0.1, 0.15) is 5.56 Å². The number of halogens is 3. The number of benzene rings is 1. The zero-order valence-corrected chi connectivity index (χ0v) is 10.9. The normalized spacial score (nSPS) is 11.8. The molecular formula is C14H8F3N3O2. The minimum absolute atomic E-state index is 0.00410. The first kappa shape index (κ1) is 14.1. The summed E-state index contributed by atoms with van der Waals surface area (Å²) in [6, 6.07) is 7.18. The molecule has 0 fully saturated rings. The Morgan fingerprint density at radius 3 is 2.59 bits per heavy atom. The van der Waals surface area contributed by atoms with Gasteiger partial charge in [0.2, 0.25) is 0 Å². The molecule has 0 saturated heterocycles. The first-order chi connectivity index (χ1) is 10.4. The van der Waals surface area contributed by atoms with Crippen LogP contribution in [0.25, 0.3) is 16.7 Å². The number of aromatic nitrogens is 3. The number of hydrogen-bond acceptors (Lipinski definition) is 3. The quantitative estimate of drug-likeness (QED) is 0.748. The minimum atomic E-state index is -4.54. The molecule has 112 valence electrons. The van der Waals surface area contributed by atoms with Gasteiger partial charge in [0.15, 0.2) is 5.65 Å². The summed E-state index contributed by atoms with van der Waals surface area (Å²) in [5.41, 5.74) is -2.42. The van der Waals surface area contributed by atoms with Crippen molar-refractivity contribution < 1.29 is 13.2 Å². The van der Waals surface area contributed by atoms with Crippen molar-refractivity contribution in [2.24, 2.45) is 0 Å². The summed E-state index contributed by atoms with van der Waals surface area (Å²) in [6.45, 7) is 0. The molecule has 0 spiro atoms. The molecule has 0 aliphatic carbocycles. The van der Waals surface area contributed by atoms with Gasteiger partial charge in [0.1, 0.15) is 0 Å². The molecule has 3 aromatic rings. The Bertz CT molecular complexity index is 973. The minimum Gasteiger partial charge on any atom is -0.273 e. The van der Waals surface area contributed by atoms with Crippen LogP contribution in [-0.2, 0) is 6.18 Å². The fraction of sp³-hybridized carbons (Fsp3) is 0.0714. The van der Waals surface area contributed by atoms with Crippen LogP contribution >= 0.6 is 0 Å². The maximum Gasteiger partial charge on any atom is 0.416 e. The van der Waals surface area contributed by atoms with Crippen LogP contribution in [-0.4, -0.2) is 14.5 Å². The third-order valence-corrected chi connectivity index (χ3v) is 3.10. The van der Waals surface area contributed by atoms with Crippen molar-refractivity contribution in [2.45, 2.75) is 6.18 Å². The summed E-state index contributed by atoms with van der Waals surface area (Å²) in [7, 11) is 0.